The van der Waals surface area contributed by atoms with Crippen molar-refractivity contribution in [3.63, 3.8) is 0 Å². The molecule has 1 aliphatic heterocycles. The Kier molecular flexibility index (Phi) is 5.28. The number of hydrogen-bond acceptors (Lipinski definition) is 2. The molecule has 0 unspecified atom stereocenters. The first-order valence-electron chi connectivity index (χ1n) is 8.54. The second-order valence-electron chi connectivity index (χ2n) is 6.58. The monoisotopic (exact) mass is 325 g/mol. The molecule has 4 nitrogen and oxygen atoms in total. The Hall–Kier alpha value is -2.17. The molecule has 1 fully saturated rings. The molecule has 0 bridgehead atoms. The van der Waals surface area contributed by atoms with Gasteiger partial charge in [0, 0.05) is 5.69 Å². The lowest BCUT2D eigenvalue weighted by Gasteiger charge is -2.31. The van der Waals surface area contributed by atoms with E-state index in [9.17, 15) is 4.79 Å². The molecule has 3 rings (SSSR count). The van der Waals surface area contributed by atoms with Crippen LogP contribution in [0.1, 0.15) is 13.8 Å². The number of rotatable bonds is 4. The Bertz CT molecular complexity index is 660. The maximum Gasteiger partial charge on any atom is 0.279 e. The highest BCUT2D eigenvalue weighted by Gasteiger charge is 2.27. The largest absolute Gasteiger partial charge is 0.364 e. The Labute approximate surface area is 143 Å². The number of carbonyl (C=O) groups excluding carboxylic acids is 1. The number of ether oxygens (including phenoxy) is 1. The Morgan fingerprint density at radius 2 is 1.58 bits per heavy atom. The number of carbonyl (C=O) groups is 1. The highest BCUT2D eigenvalue weighted by atomic mass is 16.5. The minimum absolute atomic E-state index is 0.0544. The number of anilines is 1. The summed E-state index contributed by atoms with van der Waals surface area (Å²) in [5.41, 5.74) is 3.17. The van der Waals surface area contributed by atoms with E-state index >= 15 is 0 Å². The van der Waals surface area contributed by atoms with E-state index in [0.29, 0.717) is 6.54 Å². The van der Waals surface area contributed by atoms with Crippen LogP contribution >= 0.6 is 0 Å². The smallest absolute Gasteiger partial charge is 0.279 e. The molecule has 24 heavy (non-hydrogen) atoms. The second-order valence-corrected chi connectivity index (χ2v) is 6.58. The van der Waals surface area contributed by atoms with Gasteiger partial charge in [0.1, 0.15) is 25.3 Å². The van der Waals surface area contributed by atoms with Gasteiger partial charge in [-0.15, -0.1) is 0 Å². The van der Waals surface area contributed by atoms with Gasteiger partial charge >= 0.3 is 0 Å². The quantitative estimate of drug-likeness (QED) is 0.903. The molecule has 126 valence electrons. The van der Waals surface area contributed by atoms with E-state index in [1.165, 1.54) is 10.5 Å². The molecule has 1 amide bonds. The molecule has 0 radical (unpaired) electrons. The highest BCUT2D eigenvalue weighted by Crippen LogP contribution is 2.20. The first-order valence-corrected chi connectivity index (χ1v) is 8.54. The fourth-order valence-electron chi connectivity index (χ4n) is 3.34. The molecule has 0 aromatic heterocycles. The van der Waals surface area contributed by atoms with Crippen molar-refractivity contribution in [2.45, 2.75) is 26.1 Å². The zero-order valence-corrected chi connectivity index (χ0v) is 14.3. The number of nitrogens with one attached hydrogen (secondary N) is 2. The third-order valence-electron chi connectivity index (χ3n) is 4.30. The normalized spacial score (nSPS) is 23.7. The van der Waals surface area contributed by atoms with Crippen molar-refractivity contribution in [1.29, 1.82) is 0 Å². The summed E-state index contributed by atoms with van der Waals surface area (Å²) in [5, 5.41) is 3.00. The maximum atomic E-state index is 12.3. The van der Waals surface area contributed by atoms with Crippen molar-refractivity contribution in [2.75, 3.05) is 25.0 Å². The summed E-state index contributed by atoms with van der Waals surface area (Å²) in [7, 11) is 0. The van der Waals surface area contributed by atoms with Gasteiger partial charge in [0.2, 0.25) is 0 Å². The molecule has 4 heteroatoms. The van der Waals surface area contributed by atoms with Crippen molar-refractivity contribution in [3.05, 3.63) is 54.6 Å². The van der Waals surface area contributed by atoms with Crippen molar-refractivity contribution < 1.29 is 14.4 Å². The van der Waals surface area contributed by atoms with Crippen molar-refractivity contribution in [2.24, 2.45) is 0 Å². The predicted molar refractivity (Wildman–Crippen MR) is 96.1 cm³/mol. The maximum absolute atomic E-state index is 12.3. The predicted octanol–water partition coefficient (Wildman–Crippen LogP) is 1.98. The topological polar surface area (TPSA) is 42.8 Å². The molecule has 0 spiro atoms. The Morgan fingerprint density at radius 3 is 2.21 bits per heavy atom. The van der Waals surface area contributed by atoms with Gasteiger partial charge in [0.15, 0.2) is 6.54 Å². The van der Waals surface area contributed by atoms with E-state index in [-0.39, 0.29) is 18.1 Å². The van der Waals surface area contributed by atoms with E-state index in [2.05, 4.69) is 31.3 Å². The second kappa shape index (κ2) is 7.60. The lowest BCUT2D eigenvalue weighted by atomic mass is 10.1. The van der Waals surface area contributed by atoms with E-state index in [4.69, 9.17) is 4.74 Å². The molecular weight excluding hydrogens is 300 g/mol. The fourth-order valence-corrected chi connectivity index (χ4v) is 3.34. The van der Waals surface area contributed by atoms with Gasteiger partial charge in [0.25, 0.3) is 5.91 Å². The van der Waals surface area contributed by atoms with Gasteiger partial charge in [-0.3, -0.25) is 4.79 Å². The lowest BCUT2D eigenvalue weighted by Crippen LogP contribution is -3.16. The minimum atomic E-state index is 0.0544. The molecule has 0 saturated carbocycles. The summed E-state index contributed by atoms with van der Waals surface area (Å²) >= 11 is 0. The molecule has 2 N–H and O–H groups in total. The van der Waals surface area contributed by atoms with Crippen LogP contribution in [0, 0.1) is 0 Å². The molecule has 2 aromatic carbocycles. The molecule has 1 heterocycles. The zero-order valence-electron chi connectivity index (χ0n) is 14.3. The zero-order chi connectivity index (χ0) is 16.9. The van der Waals surface area contributed by atoms with Crippen LogP contribution in [-0.4, -0.2) is 37.7 Å². The lowest BCUT2D eigenvalue weighted by molar-refractivity contribution is -0.907. The molecular formula is C20H25N2O2+. The molecule has 0 aliphatic carbocycles. The first kappa shape index (κ1) is 16.7. The van der Waals surface area contributed by atoms with E-state index in [1.54, 1.807) is 0 Å². The average molecular weight is 325 g/mol. The fraction of sp³-hybridized carbons (Fsp3) is 0.350. The van der Waals surface area contributed by atoms with Crippen LogP contribution in [0.2, 0.25) is 0 Å². The minimum Gasteiger partial charge on any atom is -0.364 e. The van der Waals surface area contributed by atoms with Gasteiger partial charge in [0.05, 0.1) is 0 Å². The van der Waals surface area contributed by atoms with Crippen molar-refractivity contribution >= 4 is 11.6 Å². The summed E-state index contributed by atoms with van der Waals surface area (Å²) in [6.45, 7) is 6.37. The molecule has 2 aromatic rings. The van der Waals surface area contributed by atoms with Gasteiger partial charge in [-0.1, -0.05) is 42.5 Å². The third-order valence-corrected chi connectivity index (χ3v) is 4.30. The summed E-state index contributed by atoms with van der Waals surface area (Å²) in [4.78, 5) is 13.6. The van der Waals surface area contributed by atoms with Gasteiger partial charge in [-0.25, -0.2) is 0 Å². The molecule has 1 saturated heterocycles. The van der Waals surface area contributed by atoms with Crippen molar-refractivity contribution in [1.82, 2.24) is 0 Å². The summed E-state index contributed by atoms with van der Waals surface area (Å²) < 4.78 is 5.72. The third kappa shape index (κ3) is 4.43. The van der Waals surface area contributed by atoms with Crippen LogP contribution in [0.4, 0.5) is 5.69 Å². The number of amides is 1. The van der Waals surface area contributed by atoms with Crippen molar-refractivity contribution in [3.8, 4) is 11.1 Å². The van der Waals surface area contributed by atoms with Crippen LogP contribution < -0.4 is 10.2 Å². The van der Waals surface area contributed by atoms with Crippen LogP contribution in [0.15, 0.2) is 54.6 Å². The number of morpholine rings is 1. The summed E-state index contributed by atoms with van der Waals surface area (Å²) in [6, 6.07) is 18.2. The number of quaternary nitrogens is 1. The van der Waals surface area contributed by atoms with E-state index in [1.807, 2.05) is 42.5 Å². The number of hydrogen-bond donors (Lipinski definition) is 2. The van der Waals surface area contributed by atoms with Crippen LogP contribution in [0.5, 0.6) is 0 Å². The van der Waals surface area contributed by atoms with Crippen LogP contribution in [-0.2, 0) is 9.53 Å². The van der Waals surface area contributed by atoms with E-state index < -0.39 is 0 Å². The highest BCUT2D eigenvalue weighted by molar-refractivity contribution is 5.91. The van der Waals surface area contributed by atoms with Crippen LogP contribution in [0.25, 0.3) is 11.1 Å². The number of benzene rings is 2. The molecule has 2 atom stereocenters. The molecule has 1 aliphatic rings. The summed E-state index contributed by atoms with van der Waals surface area (Å²) in [5.74, 6) is 0.0544. The van der Waals surface area contributed by atoms with Gasteiger partial charge in [-0.2, -0.15) is 0 Å². The van der Waals surface area contributed by atoms with Gasteiger partial charge < -0.3 is 15.0 Å². The SMILES string of the molecule is C[C@H]1C[NH+](CC(=O)Nc2ccc(-c3ccccc3)cc2)C[C@H](C)O1. The first-order chi connectivity index (χ1) is 11.6. The summed E-state index contributed by atoms with van der Waals surface area (Å²) in [6.07, 6.45) is 0.420. The van der Waals surface area contributed by atoms with Gasteiger partial charge in [-0.05, 0) is 37.1 Å². The standard InChI is InChI=1S/C20H24N2O2/c1-15-12-22(13-16(2)24-15)14-20(23)21-19-10-8-18(9-11-19)17-6-4-3-5-7-17/h3-11,15-16H,12-14H2,1-2H3,(H,21,23)/p+1/t15-,16-/m0/s1. The average Bonchev–Trinajstić information content (AvgIpc) is 2.55. The van der Waals surface area contributed by atoms with E-state index in [0.717, 1.165) is 24.3 Å². The Morgan fingerprint density at radius 1 is 1.00 bits per heavy atom. The van der Waals surface area contributed by atoms with Crippen LogP contribution in [0.3, 0.4) is 0 Å². The Balaban J connectivity index is 1.57.